The van der Waals surface area contributed by atoms with Gasteiger partial charge in [0.2, 0.25) is 0 Å². The Morgan fingerprint density at radius 1 is 1.33 bits per heavy atom. The number of imide groups is 1. The third kappa shape index (κ3) is 2.17. The Kier molecular flexibility index (Phi) is 3.29. The van der Waals surface area contributed by atoms with E-state index in [1.54, 1.807) is 19.4 Å². The topological polar surface area (TPSA) is 90.2 Å². The average molecular weight is 335 g/mol. The number of amides is 2. The van der Waals surface area contributed by atoms with Crippen LogP contribution in [-0.2, 0) is 9.59 Å². The van der Waals surface area contributed by atoms with E-state index in [2.05, 4.69) is 31.9 Å². The highest BCUT2D eigenvalue weighted by molar-refractivity contribution is 6.34. The normalized spacial score (nSPS) is 22.5. The lowest BCUT2D eigenvalue weighted by atomic mass is 9.91. The van der Waals surface area contributed by atoms with Crippen LogP contribution >= 0.6 is 0 Å². The maximum absolute atomic E-state index is 12.4. The number of rotatable bonds is 2. The first kappa shape index (κ1) is 15.3. The molecular weight excluding hydrogens is 321 g/mol. The molecule has 24 heavy (non-hydrogen) atoms. The Bertz CT molecular complexity index is 948. The van der Waals surface area contributed by atoms with Crippen LogP contribution in [0.3, 0.4) is 0 Å². The number of ether oxygens (including phenoxy) is 1. The van der Waals surface area contributed by atoms with Crippen molar-refractivity contribution in [2.24, 2.45) is 0 Å². The molecule has 2 aliphatic heterocycles. The van der Waals surface area contributed by atoms with E-state index in [0.29, 0.717) is 23.2 Å². The zero-order valence-electron chi connectivity index (χ0n) is 13.3. The third-order valence-electron chi connectivity index (χ3n) is 4.45. The van der Waals surface area contributed by atoms with Gasteiger partial charge in [0.05, 0.1) is 12.6 Å². The molecule has 6 nitrogen and oxygen atoms in total. The molecule has 1 atom stereocenters. The van der Waals surface area contributed by atoms with Crippen molar-refractivity contribution in [3.63, 3.8) is 0 Å². The molecule has 1 fully saturated rings. The van der Waals surface area contributed by atoms with E-state index < -0.39 is 11.4 Å². The second-order valence-corrected chi connectivity index (χ2v) is 6.77. The minimum Gasteiger partial charge on any atom is -0.496 e. The molecule has 2 aliphatic rings. The van der Waals surface area contributed by atoms with Gasteiger partial charge in [-0.15, -0.1) is 4.43 Å². The maximum atomic E-state index is 12.4. The fraction of sp³-hybridized carbons (Fsp3) is 0.235. The Morgan fingerprint density at radius 3 is 2.75 bits per heavy atom. The molecule has 118 valence electrons. The monoisotopic (exact) mass is 335 g/mol. The van der Waals surface area contributed by atoms with Crippen molar-refractivity contribution in [1.82, 2.24) is 15.6 Å². The van der Waals surface area contributed by atoms with Gasteiger partial charge in [-0.25, -0.2) is 0 Å². The van der Waals surface area contributed by atoms with Gasteiger partial charge in [-0.3, -0.25) is 25.2 Å². The number of benzene rings is 1. The Hall–Kier alpha value is -2.20. The summed E-state index contributed by atoms with van der Waals surface area (Å²) in [7, 11) is 1.62. The maximum Gasteiger partial charge on any atom is 0.258 e. The van der Waals surface area contributed by atoms with Crippen LogP contribution in [0.5, 0.6) is 5.75 Å². The summed E-state index contributed by atoms with van der Waals surface area (Å²) in [6, 6.07) is 3.84. The number of fused-ring (bicyclic) bond motifs is 1. The van der Waals surface area contributed by atoms with Gasteiger partial charge in [0, 0.05) is 29.3 Å². The molecule has 1 unspecified atom stereocenters. The Morgan fingerprint density at radius 2 is 2.08 bits per heavy atom. The molecule has 1 spiro atoms. The van der Waals surface area contributed by atoms with Crippen molar-refractivity contribution >= 4 is 49.0 Å². The van der Waals surface area contributed by atoms with Crippen LogP contribution in [0.4, 0.5) is 0 Å². The number of hydrogen-bond donors (Lipinski definition) is 2. The summed E-state index contributed by atoms with van der Waals surface area (Å²) in [6.07, 6.45) is 3.44. The zero-order valence-corrected chi connectivity index (χ0v) is 14.4. The molecule has 0 bridgehead atoms. The molecule has 4 rings (SSSR count). The Balaban J connectivity index is 2.01. The standard InChI is InChI=1S/C17H14N3O3.Al/c1-9-6-11(13-10(14(9)23-2)4-3-5-18-13)12-7-17(8-19-17)16(22)20-15(12)21;/h4-7,19H,8H2,1-2H3,(H,20,21,22);. The largest absolute Gasteiger partial charge is 0.496 e. The fourth-order valence-electron chi connectivity index (χ4n) is 3.13. The minimum atomic E-state index is -0.760. The Labute approximate surface area is 146 Å². The highest BCUT2D eigenvalue weighted by Crippen LogP contribution is 2.36. The summed E-state index contributed by atoms with van der Waals surface area (Å²) < 4.78 is 6.44. The number of hydrogen-bond acceptors (Lipinski definition) is 5. The van der Waals surface area contributed by atoms with E-state index >= 15 is 0 Å². The molecule has 2 radical (unpaired) electrons. The van der Waals surface area contributed by atoms with E-state index in [0.717, 1.165) is 21.1 Å². The van der Waals surface area contributed by atoms with Gasteiger partial charge in [0.25, 0.3) is 11.8 Å². The summed E-state index contributed by atoms with van der Waals surface area (Å²) in [5.74, 6) is 0.0330. The van der Waals surface area contributed by atoms with Crippen LogP contribution in [0.1, 0.15) is 11.1 Å². The molecule has 2 aromatic rings. The predicted molar refractivity (Wildman–Crippen MR) is 90.3 cm³/mol. The van der Waals surface area contributed by atoms with Gasteiger partial charge < -0.3 is 4.74 Å². The zero-order chi connectivity index (χ0) is 17.1. The van der Waals surface area contributed by atoms with E-state index in [-0.39, 0.29) is 5.91 Å². The molecule has 0 aliphatic carbocycles. The lowest BCUT2D eigenvalue weighted by molar-refractivity contribution is -0.129. The second kappa shape index (κ2) is 5.15. The molecule has 2 amide bonds. The lowest BCUT2D eigenvalue weighted by Crippen LogP contribution is -2.46. The van der Waals surface area contributed by atoms with Gasteiger partial charge in [-0.1, -0.05) is 6.07 Å². The SMILES string of the molecule is COc1c(C)cc(C2=CC3(CN3)C(=O)NC2=O)c2nc[c]([Al])cc12. The van der Waals surface area contributed by atoms with Crippen LogP contribution in [-0.4, -0.2) is 52.3 Å². The summed E-state index contributed by atoms with van der Waals surface area (Å²) in [5, 5.41) is 6.29. The van der Waals surface area contributed by atoms with Crippen LogP contribution in [0.15, 0.2) is 24.4 Å². The number of nitrogens with zero attached hydrogens (tertiary/aromatic N) is 1. The highest BCUT2D eigenvalue weighted by Gasteiger charge is 2.51. The number of carbonyl (C=O) groups is 2. The summed E-state index contributed by atoms with van der Waals surface area (Å²) in [6.45, 7) is 2.46. The van der Waals surface area contributed by atoms with E-state index in [1.165, 1.54) is 0 Å². The molecule has 1 aromatic heterocycles. The van der Waals surface area contributed by atoms with E-state index in [4.69, 9.17) is 4.74 Å². The number of carbonyl (C=O) groups excluding carboxylic acids is 2. The van der Waals surface area contributed by atoms with Crippen molar-refractivity contribution in [1.29, 1.82) is 0 Å². The minimum absolute atomic E-state index is 0.300. The van der Waals surface area contributed by atoms with Gasteiger partial charge in [0.15, 0.2) is 16.3 Å². The average Bonchev–Trinajstić information content (AvgIpc) is 3.31. The molecule has 2 N–H and O–H groups in total. The van der Waals surface area contributed by atoms with Crippen molar-refractivity contribution in [2.75, 3.05) is 13.7 Å². The van der Waals surface area contributed by atoms with E-state index in [9.17, 15) is 9.59 Å². The summed E-state index contributed by atoms with van der Waals surface area (Å²) >= 11 is 2.61. The highest BCUT2D eigenvalue weighted by atomic mass is 27.0. The van der Waals surface area contributed by atoms with Crippen LogP contribution < -0.4 is 19.8 Å². The first-order valence-electron chi connectivity index (χ1n) is 7.52. The predicted octanol–water partition coefficient (Wildman–Crippen LogP) is -0.273. The second-order valence-electron chi connectivity index (χ2n) is 6.11. The number of aromatic nitrogens is 1. The summed E-state index contributed by atoms with van der Waals surface area (Å²) in [5.41, 5.74) is 1.98. The van der Waals surface area contributed by atoms with Crippen LogP contribution in [0, 0.1) is 6.92 Å². The molecule has 1 saturated heterocycles. The fourth-order valence-corrected chi connectivity index (χ4v) is 3.37. The first-order valence-corrected chi connectivity index (χ1v) is 8.10. The number of methoxy groups -OCH3 is 1. The molecular formula is C17H14AlN3O3. The van der Waals surface area contributed by atoms with Crippen molar-refractivity contribution < 1.29 is 14.3 Å². The third-order valence-corrected chi connectivity index (χ3v) is 4.76. The molecule has 0 saturated carbocycles. The number of nitrogens with one attached hydrogen (secondary N) is 2. The number of aryl methyl sites for hydroxylation is 1. The molecule has 7 heteroatoms. The molecule has 1 aromatic carbocycles. The van der Waals surface area contributed by atoms with Gasteiger partial charge in [0.1, 0.15) is 11.3 Å². The van der Waals surface area contributed by atoms with Crippen molar-refractivity contribution in [3.05, 3.63) is 35.5 Å². The quantitative estimate of drug-likeness (QED) is 0.448. The van der Waals surface area contributed by atoms with Crippen molar-refractivity contribution in [2.45, 2.75) is 12.5 Å². The van der Waals surface area contributed by atoms with Gasteiger partial charge >= 0.3 is 0 Å². The first-order chi connectivity index (χ1) is 11.4. The van der Waals surface area contributed by atoms with Gasteiger partial charge in [-0.05, 0) is 24.6 Å². The van der Waals surface area contributed by atoms with Crippen LogP contribution in [0.2, 0.25) is 0 Å². The van der Waals surface area contributed by atoms with Gasteiger partial charge in [-0.2, -0.15) is 0 Å². The summed E-state index contributed by atoms with van der Waals surface area (Å²) in [4.78, 5) is 28.9. The van der Waals surface area contributed by atoms with Crippen molar-refractivity contribution in [3.8, 4) is 5.75 Å². The number of pyridine rings is 1. The smallest absolute Gasteiger partial charge is 0.258 e. The van der Waals surface area contributed by atoms with E-state index in [1.807, 2.05) is 19.1 Å². The molecule has 3 heterocycles. The van der Waals surface area contributed by atoms with Crippen LogP contribution in [0.25, 0.3) is 16.5 Å². The lowest BCUT2D eigenvalue weighted by Gasteiger charge is -2.21.